The molecule has 100 valence electrons. The molecule has 0 spiro atoms. The average molecular weight is 246 g/mol. The summed E-state index contributed by atoms with van der Waals surface area (Å²) in [6.45, 7) is 7.20. The van der Waals surface area contributed by atoms with Gasteiger partial charge in [-0.15, -0.1) is 0 Å². The van der Waals surface area contributed by atoms with E-state index in [1.165, 1.54) is 57.4 Å². The number of nitrogens with one attached hydrogen (secondary N) is 1. The first-order valence-electron chi connectivity index (χ1n) is 7.38. The summed E-state index contributed by atoms with van der Waals surface area (Å²) in [7, 11) is 0. The van der Waals surface area contributed by atoms with E-state index >= 15 is 0 Å². The van der Waals surface area contributed by atoms with E-state index in [-0.39, 0.29) is 0 Å². The van der Waals surface area contributed by atoms with Crippen LogP contribution in [0.4, 0.5) is 0 Å². The molecule has 1 aliphatic heterocycles. The van der Waals surface area contributed by atoms with E-state index in [1.807, 2.05) is 0 Å². The summed E-state index contributed by atoms with van der Waals surface area (Å²) in [5, 5.41) is 3.63. The minimum absolute atomic E-state index is 0.698. The number of nitrogens with zero attached hydrogens (tertiary/aromatic N) is 1. The average Bonchev–Trinajstić information content (AvgIpc) is 2.65. The Bertz CT molecular complexity index is 323. The van der Waals surface area contributed by atoms with Crippen LogP contribution in [0.2, 0.25) is 0 Å². The largest absolute Gasteiger partial charge is 0.313 e. The lowest BCUT2D eigenvalue weighted by Crippen LogP contribution is -2.37. The second-order valence-corrected chi connectivity index (χ2v) is 5.30. The van der Waals surface area contributed by atoms with Gasteiger partial charge in [0.25, 0.3) is 0 Å². The second kappa shape index (κ2) is 7.55. The summed E-state index contributed by atoms with van der Waals surface area (Å²) in [6, 6.07) is 11.5. The zero-order chi connectivity index (χ0) is 12.6. The van der Waals surface area contributed by atoms with E-state index in [0.29, 0.717) is 6.04 Å². The maximum Gasteiger partial charge on any atom is 0.0192 e. The molecule has 1 unspecified atom stereocenters. The van der Waals surface area contributed by atoms with Crippen LogP contribution in [0.5, 0.6) is 0 Å². The molecule has 1 heterocycles. The number of hydrogen-bond donors (Lipinski definition) is 1. The SMILES string of the molecule is CCC1CN(CCCc2ccccc2)CCCN1. The lowest BCUT2D eigenvalue weighted by atomic mass is 10.1. The molecule has 2 heteroatoms. The van der Waals surface area contributed by atoms with Gasteiger partial charge in [0.15, 0.2) is 0 Å². The second-order valence-electron chi connectivity index (χ2n) is 5.30. The van der Waals surface area contributed by atoms with E-state index in [1.54, 1.807) is 0 Å². The molecule has 0 aliphatic carbocycles. The van der Waals surface area contributed by atoms with Gasteiger partial charge in [0.2, 0.25) is 0 Å². The van der Waals surface area contributed by atoms with Gasteiger partial charge < -0.3 is 10.2 Å². The molecule has 2 nitrogen and oxygen atoms in total. The van der Waals surface area contributed by atoms with Gasteiger partial charge in [0, 0.05) is 12.6 Å². The highest BCUT2D eigenvalue weighted by atomic mass is 15.2. The summed E-state index contributed by atoms with van der Waals surface area (Å²) in [4.78, 5) is 2.64. The van der Waals surface area contributed by atoms with Crippen molar-refractivity contribution in [1.29, 1.82) is 0 Å². The first kappa shape index (κ1) is 13.6. The number of hydrogen-bond acceptors (Lipinski definition) is 2. The van der Waals surface area contributed by atoms with Crippen LogP contribution in [-0.2, 0) is 6.42 Å². The Morgan fingerprint density at radius 2 is 2.11 bits per heavy atom. The molecule has 0 radical (unpaired) electrons. The maximum absolute atomic E-state index is 3.63. The van der Waals surface area contributed by atoms with Gasteiger partial charge in [-0.3, -0.25) is 0 Å². The monoisotopic (exact) mass is 246 g/mol. The highest BCUT2D eigenvalue weighted by Crippen LogP contribution is 2.07. The zero-order valence-electron chi connectivity index (χ0n) is 11.6. The molecule has 0 aromatic heterocycles. The Kier molecular flexibility index (Phi) is 5.69. The van der Waals surface area contributed by atoms with Crippen LogP contribution in [0.1, 0.15) is 31.7 Å². The molecular formula is C16H26N2. The van der Waals surface area contributed by atoms with Crippen LogP contribution in [0.25, 0.3) is 0 Å². The first-order chi connectivity index (χ1) is 8.88. The molecule has 1 atom stereocenters. The van der Waals surface area contributed by atoms with Gasteiger partial charge in [0.05, 0.1) is 0 Å². The Balaban J connectivity index is 1.72. The van der Waals surface area contributed by atoms with Crippen LogP contribution in [-0.4, -0.2) is 37.1 Å². The number of aryl methyl sites for hydroxylation is 1. The zero-order valence-corrected chi connectivity index (χ0v) is 11.6. The summed E-state index contributed by atoms with van der Waals surface area (Å²) in [5.74, 6) is 0. The van der Waals surface area contributed by atoms with Crippen molar-refractivity contribution in [2.75, 3.05) is 26.2 Å². The third-order valence-corrected chi connectivity index (χ3v) is 3.84. The normalized spacial score (nSPS) is 21.7. The molecule has 0 bridgehead atoms. The predicted octanol–water partition coefficient (Wildman–Crippen LogP) is 2.69. The molecule has 1 fully saturated rings. The lowest BCUT2D eigenvalue weighted by Gasteiger charge is -2.23. The van der Waals surface area contributed by atoms with Gasteiger partial charge >= 0.3 is 0 Å². The smallest absolute Gasteiger partial charge is 0.0192 e. The van der Waals surface area contributed by atoms with Crippen LogP contribution in [0.15, 0.2) is 30.3 Å². The maximum atomic E-state index is 3.63. The van der Waals surface area contributed by atoms with Crippen molar-refractivity contribution in [3.63, 3.8) is 0 Å². The van der Waals surface area contributed by atoms with Crippen molar-refractivity contribution >= 4 is 0 Å². The van der Waals surface area contributed by atoms with Crippen molar-refractivity contribution in [1.82, 2.24) is 10.2 Å². The molecule has 1 N–H and O–H groups in total. The molecule has 0 saturated carbocycles. The fourth-order valence-electron chi connectivity index (χ4n) is 2.70. The fraction of sp³-hybridized carbons (Fsp3) is 0.625. The van der Waals surface area contributed by atoms with Crippen molar-refractivity contribution in [2.45, 2.75) is 38.6 Å². The standard InChI is InChI=1S/C16H26N2/c1-2-16-14-18(13-7-11-17-16)12-6-10-15-8-4-3-5-9-15/h3-5,8-9,16-17H,2,6-7,10-14H2,1H3. The predicted molar refractivity (Wildman–Crippen MR) is 77.9 cm³/mol. The van der Waals surface area contributed by atoms with Crippen molar-refractivity contribution in [3.05, 3.63) is 35.9 Å². The summed E-state index contributed by atoms with van der Waals surface area (Å²) < 4.78 is 0. The molecule has 1 aliphatic rings. The Morgan fingerprint density at radius 1 is 1.28 bits per heavy atom. The van der Waals surface area contributed by atoms with Crippen LogP contribution in [0.3, 0.4) is 0 Å². The van der Waals surface area contributed by atoms with Crippen molar-refractivity contribution < 1.29 is 0 Å². The van der Waals surface area contributed by atoms with Crippen LogP contribution < -0.4 is 5.32 Å². The number of rotatable bonds is 5. The minimum Gasteiger partial charge on any atom is -0.313 e. The quantitative estimate of drug-likeness (QED) is 0.859. The van der Waals surface area contributed by atoms with Crippen LogP contribution >= 0.6 is 0 Å². The summed E-state index contributed by atoms with van der Waals surface area (Å²) in [5.41, 5.74) is 1.47. The fourth-order valence-corrected chi connectivity index (χ4v) is 2.70. The Morgan fingerprint density at radius 3 is 2.89 bits per heavy atom. The highest BCUT2D eigenvalue weighted by Gasteiger charge is 2.15. The molecule has 2 rings (SSSR count). The van der Waals surface area contributed by atoms with E-state index in [2.05, 4.69) is 47.5 Å². The van der Waals surface area contributed by atoms with E-state index in [0.717, 1.165) is 0 Å². The van der Waals surface area contributed by atoms with E-state index < -0.39 is 0 Å². The van der Waals surface area contributed by atoms with E-state index in [4.69, 9.17) is 0 Å². The summed E-state index contributed by atoms with van der Waals surface area (Å²) >= 11 is 0. The van der Waals surface area contributed by atoms with Crippen LogP contribution in [0, 0.1) is 0 Å². The molecule has 18 heavy (non-hydrogen) atoms. The van der Waals surface area contributed by atoms with Gasteiger partial charge in [-0.2, -0.15) is 0 Å². The van der Waals surface area contributed by atoms with Crippen molar-refractivity contribution in [3.8, 4) is 0 Å². The topological polar surface area (TPSA) is 15.3 Å². The third kappa shape index (κ3) is 4.43. The molecule has 1 aromatic rings. The Hall–Kier alpha value is -0.860. The summed E-state index contributed by atoms with van der Waals surface area (Å²) in [6.07, 6.45) is 5.03. The third-order valence-electron chi connectivity index (χ3n) is 3.84. The first-order valence-corrected chi connectivity index (χ1v) is 7.38. The van der Waals surface area contributed by atoms with Gasteiger partial charge in [0.1, 0.15) is 0 Å². The molecule has 1 aromatic carbocycles. The molecular weight excluding hydrogens is 220 g/mol. The molecule has 0 amide bonds. The van der Waals surface area contributed by atoms with E-state index in [9.17, 15) is 0 Å². The molecule has 1 saturated heterocycles. The number of benzene rings is 1. The lowest BCUT2D eigenvalue weighted by molar-refractivity contribution is 0.262. The highest BCUT2D eigenvalue weighted by molar-refractivity contribution is 5.14. The van der Waals surface area contributed by atoms with Gasteiger partial charge in [-0.25, -0.2) is 0 Å². The van der Waals surface area contributed by atoms with Crippen molar-refractivity contribution in [2.24, 2.45) is 0 Å². The minimum atomic E-state index is 0.698. The van der Waals surface area contributed by atoms with Gasteiger partial charge in [-0.1, -0.05) is 37.3 Å². The Labute approximate surface area is 111 Å². The van der Waals surface area contributed by atoms with Gasteiger partial charge in [-0.05, 0) is 50.9 Å².